The van der Waals surface area contributed by atoms with E-state index in [-0.39, 0.29) is 6.10 Å². The molecule has 0 fully saturated rings. The van der Waals surface area contributed by atoms with Gasteiger partial charge in [0, 0.05) is 0 Å². The monoisotopic (exact) mass is 119 g/mol. The quantitative estimate of drug-likeness (QED) is 0.465. The highest BCUT2D eigenvalue weighted by Gasteiger charge is 2.17. The summed E-state index contributed by atoms with van der Waals surface area (Å²) in [5.74, 6) is 0. The van der Waals surface area contributed by atoms with Crippen LogP contribution in [0.2, 0.25) is 0 Å². The highest BCUT2D eigenvalue weighted by atomic mass is 16.4. The van der Waals surface area contributed by atoms with E-state index in [2.05, 4.69) is 0 Å². The molecule has 0 heterocycles. The van der Waals surface area contributed by atoms with Crippen LogP contribution in [-0.4, -0.2) is 27.5 Å². The van der Waals surface area contributed by atoms with Gasteiger partial charge in [-0.1, -0.05) is 0 Å². The van der Waals surface area contributed by atoms with Gasteiger partial charge in [0.2, 0.25) is 0 Å². The van der Waals surface area contributed by atoms with Gasteiger partial charge in [0.1, 0.15) is 6.10 Å². The molecule has 0 aliphatic carbocycles. The van der Waals surface area contributed by atoms with Crippen LogP contribution in [0.1, 0.15) is 13.8 Å². The molecule has 3 heteroatoms. The number of hydrogen-bond donors (Lipinski definition) is 3. The first-order valence-electron chi connectivity index (χ1n) is 2.47. The van der Waals surface area contributed by atoms with Gasteiger partial charge in [0.05, 0.1) is 12.2 Å². The Morgan fingerprint density at radius 3 is 1.38 bits per heavy atom. The molecule has 0 saturated heterocycles. The first-order chi connectivity index (χ1) is 3.55. The molecule has 0 aromatic heterocycles. The third kappa shape index (κ3) is 2.26. The van der Waals surface area contributed by atoms with Gasteiger partial charge >= 0.3 is 0 Å². The molecule has 0 aromatic rings. The summed E-state index contributed by atoms with van der Waals surface area (Å²) in [7, 11) is 0. The average Bonchev–Trinajstić information content (AvgIpc) is 1.64. The maximum absolute atomic E-state index is 8.62. The topological polar surface area (TPSA) is 60.7 Å². The van der Waals surface area contributed by atoms with Gasteiger partial charge in [-0.2, -0.15) is 0 Å². The lowest BCUT2D eigenvalue weighted by atomic mass is 10.1. The van der Waals surface area contributed by atoms with Crippen molar-refractivity contribution >= 4 is 0 Å². The molecule has 1 radical (unpaired) electrons. The Balaban J connectivity index is 3.46. The summed E-state index contributed by atoms with van der Waals surface area (Å²) in [4.78, 5) is 0. The van der Waals surface area contributed by atoms with Crippen LogP contribution in [0.15, 0.2) is 0 Å². The maximum Gasteiger partial charge on any atom is 0.149 e. The zero-order chi connectivity index (χ0) is 6.73. The predicted molar refractivity (Wildman–Crippen MR) is 28.5 cm³/mol. The molecule has 49 valence electrons. The van der Waals surface area contributed by atoms with E-state index in [1.165, 1.54) is 13.8 Å². The molecule has 0 amide bonds. The average molecular weight is 119 g/mol. The van der Waals surface area contributed by atoms with E-state index in [1.54, 1.807) is 0 Å². The van der Waals surface area contributed by atoms with Crippen LogP contribution in [0.4, 0.5) is 0 Å². The van der Waals surface area contributed by atoms with E-state index in [0.717, 1.165) is 0 Å². The lowest BCUT2D eigenvalue weighted by Gasteiger charge is -2.13. The lowest BCUT2D eigenvalue weighted by Crippen LogP contribution is -2.24. The van der Waals surface area contributed by atoms with Crippen molar-refractivity contribution in [3.8, 4) is 0 Å². The molecule has 0 rings (SSSR count). The number of rotatable bonds is 2. The first kappa shape index (κ1) is 7.88. The number of aliphatic hydroxyl groups is 3. The van der Waals surface area contributed by atoms with Crippen molar-refractivity contribution in [1.82, 2.24) is 0 Å². The fourth-order valence-corrected chi connectivity index (χ4v) is 0.349. The van der Waals surface area contributed by atoms with Crippen LogP contribution in [0.3, 0.4) is 0 Å². The minimum absolute atomic E-state index is 0.287. The van der Waals surface area contributed by atoms with E-state index in [1.807, 2.05) is 0 Å². The first-order valence-corrected chi connectivity index (χ1v) is 2.47. The third-order valence-corrected chi connectivity index (χ3v) is 0.856. The van der Waals surface area contributed by atoms with E-state index < -0.39 is 12.2 Å². The van der Waals surface area contributed by atoms with Crippen LogP contribution in [0.25, 0.3) is 0 Å². The number of hydrogen-bond acceptors (Lipinski definition) is 3. The number of aliphatic hydroxyl groups excluding tert-OH is 3. The fourth-order valence-electron chi connectivity index (χ4n) is 0.349. The van der Waals surface area contributed by atoms with Crippen LogP contribution in [-0.2, 0) is 0 Å². The normalized spacial score (nSPS) is 18.8. The van der Waals surface area contributed by atoms with Gasteiger partial charge in [-0.15, -0.1) is 0 Å². The van der Waals surface area contributed by atoms with Gasteiger partial charge in [0.15, 0.2) is 0 Å². The molecule has 3 nitrogen and oxygen atoms in total. The Labute approximate surface area is 48.6 Å². The Morgan fingerprint density at radius 2 is 1.38 bits per heavy atom. The van der Waals surface area contributed by atoms with Crippen LogP contribution in [0.5, 0.6) is 0 Å². The largest absolute Gasteiger partial charge is 0.390 e. The summed E-state index contributed by atoms with van der Waals surface area (Å²) in [6.07, 6.45) is -2.16. The Morgan fingerprint density at radius 1 is 1.12 bits per heavy atom. The molecule has 2 unspecified atom stereocenters. The second-order valence-electron chi connectivity index (χ2n) is 1.78. The summed E-state index contributed by atoms with van der Waals surface area (Å²) in [6, 6.07) is 0. The van der Waals surface area contributed by atoms with Crippen LogP contribution >= 0.6 is 0 Å². The van der Waals surface area contributed by atoms with Crippen molar-refractivity contribution in [2.75, 3.05) is 0 Å². The van der Waals surface area contributed by atoms with Gasteiger partial charge in [-0.05, 0) is 13.8 Å². The summed E-state index contributed by atoms with van der Waals surface area (Å²) >= 11 is 0. The molecule has 3 N–H and O–H groups in total. The molecular formula is C5H11O3. The van der Waals surface area contributed by atoms with Crippen LogP contribution < -0.4 is 0 Å². The van der Waals surface area contributed by atoms with E-state index in [0.29, 0.717) is 0 Å². The highest BCUT2D eigenvalue weighted by molar-refractivity contribution is 4.86. The minimum atomic E-state index is -0.935. The molecular weight excluding hydrogens is 108 g/mol. The van der Waals surface area contributed by atoms with Gasteiger partial charge < -0.3 is 15.3 Å². The molecule has 0 spiro atoms. The Hall–Kier alpha value is -0.120. The Bertz CT molecular complexity index is 52.7. The van der Waals surface area contributed by atoms with Crippen molar-refractivity contribution in [2.45, 2.75) is 26.1 Å². The standard InChI is InChI=1S/C5H11O3/c1-3(6)5(8)4(2)7/h3-4,6-8H,1-2H3. The van der Waals surface area contributed by atoms with Crippen LogP contribution in [0, 0.1) is 6.10 Å². The highest BCUT2D eigenvalue weighted by Crippen LogP contribution is 2.05. The van der Waals surface area contributed by atoms with E-state index in [4.69, 9.17) is 15.3 Å². The van der Waals surface area contributed by atoms with Crippen molar-refractivity contribution < 1.29 is 15.3 Å². The summed E-state index contributed by atoms with van der Waals surface area (Å²) in [5.41, 5.74) is 0. The van der Waals surface area contributed by atoms with E-state index >= 15 is 0 Å². The smallest absolute Gasteiger partial charge is 0.149 e. The Kier molecular flexibility index (Phi) is 2.97. The van der Waals surface area contributed by atoms with Crippen molar-refractivity contribution in [3.63, 3.8) is 0 Å². The van der Waals surface area contributed by atoms with E-state index in [9.17, 15) is 0 Å². The zero-order valence-corrected chi connectivity index (χ0v) is 5.00. The SMILES string of the molecule is CC(O)[C](O)C(C)O. The third-order valence-electron chi connectivity index (χ3n) is 0.856. The minimum Gasteiger partial charge on any atom is -0.390 e. The zero-order valence-electron chi connectivity index (χ0n) is 5.00. The maximum atomic E-state index is 8.62. The second kappa shape index (κ2) is 3.02. The van der Waals surface area contributed by atoms with Crippen molar-refractivity contribution in [3.05, 3.63) is 6.10 Å². The predicted octanol–water partition coefficient (Wildman–Crippen LogP) is -0.348. The second-order valence-corrected chi connectivity index (χ2v) is 1.78. The van der Waals surface area contributed by atoms with Crippen molar-refractivity contribution in [1.29, 1.82) is 0 Å². The molecule has 0 saturated carbocycles. The summed E-state index contributed by atoms with van der Waals surface area (Å²) < 4.78 is 0. The molecule has 0 bridgehead atoms. The molecule has 8 heavy (non-hydrogen) atoms. The van der Waals surface area contributed by atoms with Gasteiger partial charge in [-0.25, -0.2) is 0 Å². The van der Waals surface area contributed by atoms with Gasteiger partial charge in [0.25, 0.3) is 0 Å². The van der Waals surface area contributed by atoms with Gasteiger partial charge in [-0.3, -0.25) is 0 Å². The summed E-state index contributed by atoms with van der Waals surface area (Å²) in [6.45, 7) is 2.78. The summed E-state index contributed by atoms with van der Waals surface area (Å²) in [5, 5.41) is 25.7. The van der Waals surface area contributed by atoms with Crippen molar-refractivity contribution in [2.24, 2.45) is 0 Å². The lowest BCUT2D eigenvalue weighted by molar-refractivity contribution is 0.0339. The molecule has 0 aromatic carbocycles. The molecule has 0 aliphatic heterocycles. The molecule has 0 aliphatic rings. The molecule has 2 atom stereocenters. The fraction of sp³-hybridized carbons (Fsp3) is 0.800.